The number of nitrogens with zero attached hydrogens (tertiary/aromatic N) is 1. The van der Waals surface area contributed by atoms with E-state index in [-0.39, 0.29) is 0 Å². The smallest absolute Gasteiger partial charge is 0.129 e. The van der Waals surface area contributed by atoms with E-state index in [9.17, 15) is 0 Å². The lowest BCUT2D eigenvalue weighted by molar-refractivity contribution is 0.176. The molecule has 1 aromatic rings. The lowest BCUT2D eigenvalue weighted by Gasteiger charge is -2.31. The molecule has 1 heterocycles. The predicted octanol–water partition coefficient (Wildman–Crippen LogP) is 2.56. The van der Waals surface area contributed by atoms with Crippen molar-refractivity contribution in [3.63, 3.8) is 0 Å². The van der Waals surface area contributed by atoms with E-state index in [4.69, 9.17) is 22.7 Å². The molecule has 0 aliphatic carbocycles. The Hall–Kier alpha value is -1.13. The molecule has 1 aliphatic heterocycles. The van der Waals surface area contributed by atoms with Gasteiger partial charge >= 0.3 is 0 Å². The lowest BCUT2D eigenvalue weighted by atomic mass is 9.99. The van der Waals surface area contributed by atoms with Crippen LogP contribution in [0, 0.1) is 5.92 Å². The molecular formula is C15H22N2OS. The van der Waals surface area contributed by atoms with Gasteiger partial charge < -0.3 is 10.5 Å². The minimum Gasteiger partial charge on any atom is -0.496 e. The number of ether oxygens (including phenoxy) is 1. The van der Waals surface area contributed by atoms with Gasteiger partial charge in [-0.15, -0.1) is 0 Å². The molecular weight excluding hydrogens is 256 g/mol. The van der Waals surface area contributed by atoms with Gasteiger partial charge in [-0.1, -0.05) is 25.2 Å². The summed E-state index contributed by atoms with van der Waals surface area (Å²) >= 11 is 5.08. The summed E-state index contributed by atoms with van der Waals surface area (Å²) in [5, 5.41) is 0. The van der Waals surface area contributed by atoms with E-state index in [1.807, 2.05) is 6.07 Å². The van der Waals surface area contributed by atoms with Crippen LogP contribution in [0.3, 0.4) is 0 Å². The highest BCUT2D eigenvalue weighted by atomic mass is 32.1. The summed E-state index contributed by atoms with van der Waals surface area (Å²) in [5.41, 5.74) is 7.83. The average Bonchev–Trinajstić information content (AvgIpc) is 2.38. The van der Waals surface area contributed by atoms with Gasteiger partial charge in [0.15, 0.2) is 0 Å². The molecule has 1 unspecified atom stereocenters. The van der Waals surface area contributed by atoms with Crippen LogP contribution >= 0.6 is 12.2 Å². The molecule has 0 saturated carbocycles. The molecule has 1 aromatic carbocycles. The molecule has 0 radical (unpaired) electrons. The Morgan fingerprint density at radius 1 is 1.53 bits per heavy atom. The highest BCUT2D eigenvalue weighted by Gasteiger charge is 2.17. The number of hydrogen-bond acceptors (Lipinski definition) is 3. The maximum absolute atomic E-state index is 5.75. The third-order valence-corrected chi connectivity index (χ3v) is 3.90. The molecule has 2 rings (SSSR count). The van der Waals surface area contributed by atoms with Crippen LogP contribution in [0.2, 0.25) is 0 Å². The molecule has 19 heavy (non-hydrogen) atoms. The van der Waals surface area contributed by atoms with Crippen molar-refractivity contribution in [3.05, 3.63) is 29.3 Å². The molecule has 0 aromatic heterocycles. The van der Waals surface area contributed by atoms with Crippen molar-refractivity contribution in [2.75, 3.05) is 20.2 Å². The molecule has 1 atom stereocenters. The van der Waals surface area contributed by atoms with Crippen molar-refractivity contribution in [2.24, 2.45) is 11.7 Å². The Kier molecular flexibility index (Phi) is 4.77. The van der Waals surface area contributed by atoms with Crippen molar-refractivity contribution < 1.29 is 4.74 Å². The second kappa shape index (κ2) is 6.35. The minimum atomic E-state index is 0.394. The molecule has 3 nitrogen and oxygen atoms in total. The van der Waals surface area contributed by atoms with E-state index in [2.05, 4.69) is 24.0 Å². The van der Waals surface area contributed by atoms with Gasteiger partial charge in [-0.05, 0) is 43.0 Å². The highest BCUT2D eigenvalue weighted by Crippen LogP contribution is 2.22. The van der Waals surface area contributed by atoms with E-state index in [0.29, 0.717) is 4.99 Å². The van der Waals surface area contributed by atoms with Crippen molar-refractivity contribution >= 4 is 17.2 Å². The van der Waals surface area contributed by atoms with Crippen molar-refractivity contribution in [3.8, 4) is 5.75 Å². The molecule has 1 fully saturated rings. The second-order valence-corrected chi connectivity index (χ2v) is 5.82. The summed E-state index contributed by atoms with van der Waals surface area (Å²) in [6.45, 7) is 5.64. The zero-order chi connectivity index (χ0) is 13.8. The maximum Gasteiger partial charge on any atom is 0.129 e. The van der Waals surface area contributed by atoms with E-state index in [0.717, 1.165) is 23.8 Å². The van der Waals surface area contributed by atoms with Gasteiger partial charge in [-0.2, -0.15) is 0 Å². The third kappa shape index (κ3) is 3.67. The third-order valence-electron chi connectivity index (χ3n) is 3.68. The molecule has 1 aliphatic rings. The van der Waals surface area contributed by atoms with Crippen molar-refractivity contribution in [2.45, 2.75) is 26.3 Å². The van der Waals surface area contributed by atoms with Gasteiger partial charge in [-0.25, -0.2) is 0 Å². The predicted molar refractivity (Wildman–Crippen MR) is 82.6 cm³/mol. The van der Waals surface area contributed by atoms with E-state index in [1.165, 1.54) is 31.5 Å². The van der Waals surface area contributed by atoms with Gasteiger partial charge in [0.2, 0.25) is 0 Å². The molecule has 0 amide bonds. The first-order valence-electron chi connectivity index (χ1n) is 6.79. The van der Waals surface area contributed by atoms with E-state index < -0.39 is 0 Å². The largest absolute Gasteiger partial charge is 0.496 e. The first kappa shape index (κ1) is 14.3. The highest BCUT2D eigenvalue weighted by molar-refractivity contribution is 7.80. The number of benzene rings is 1. The standard InChI is InChI=1S/C15H22N2OS/c1-11-4-3-7-17(9-11)10-12-5-6-14(18-2)13(8-12)15(16)19/h5-6,8,11H,3-4,7,9-10H2,1-2H3,(H2,16,19). The van der Waals surface area contributed by atoms with E-state index in [1.54, 1.807) is 7.11 Å². The summed E-state index contributed by atoms with van der Waals surface area (Å²) in [6.07, 6.45) is 2.64. The Bertz CT molecular complexity index is 461. The van der Waals surface area contributed by atoms with Gasteiger partial charge in [0, 0.05) is 13.1 Å². The summed E-state index contributed by atoms with van der Waals surface area (Å²) in [5.74, 6) is 1.55. The number of nitrogens with two attached hydrogens (primary N) is 1. The van der Waals surface area contributed by atoms with Crippen LogP contribution in [0.15, 0.2) is 18.2 Å². The topological polar surface area (TPSA) is 38.5 Å². The van der Waals surface area contributed by atoms with Crippen LogP contribution in [-0.2, 0) is 6.54 Å². The monoisotopic (exact) mass is 278 g/mol. The van der Waals surface area contributed by atoms with Crippen LogP contribution in [0.1, 0.15) is 30.9 Å². The van der Waals surface area contributed by atoms with Crippen LogP contribution in [0.5, 0.6) is 5.75 Å². The summed E-state index contributed by atoms with van der Waals surface area (Å²) in [6, 6.07) is 6.11. The first-order chi connectivity index (χ1) is 9.10. The number of piperidine rings is 1. The van der Waals surface area contributed by atoms with Crippen LogP contribution in [-0.4, -0.2) is 30.1 Å². The number of rotatable bonds is 4. The van der Waals surface area contributed by atoms with Gasteiger partial charge in [0.25, 0.3) is 0 Å². The quantitative estimate of drug-likeness (QED) is 0.859. The average molecular weight is 278 g/mol. The SMILES string of the molecule is COc1ccc(CN2CCCC(C)C2)cc1C(N)=S. The number of likely N-dealkylation sites (tertiary alicyclic amines) is 1. The van der Waals surface area contributed by atoms with Crippen LogP contribution in [0.25, 0.3) is 0 Å². The van der Waals surface area contributed by atoms with Gasteiger partial charge in [0.1, 0.15) is 10.7 Å². The minimum absolute atomic E-state index is 0.394. The van der Waals surface area contributed by atoms with Crippen LogP contribution in [0.4, 0.5) is 0 Å². The zero-order valence-electron chi connectivity index (χ0n) is 11.7. The fourth-order valence-electron chi connectivity index (χ4n) is 2.73. The molecule has 2 N–H and O–H groups in total. The maximum atomic E-state index is 5.75. The van der Waals surface area contributed by atoms with Crippen LogP contribution < -0.4 is 10.5 Å². The van der Waals surface area contributed by atoms with Crippen molar-refractivity contribution in [1.29, 1.82) is 0 Å². The summed E-state index contributed by atoms with van der Waals surface area (Å²) in [7, 11) is 1.64. The molecule has 0 spiro atoms. The Balaban J connectivity index is 2.12. The molecule has 4 heteroatoms. The fraction of sp³-hybridized carbons (Fsp3) is 0.533. The number of methoxy groups -OCH3 is 1. The van der Waals surface area contributed by atoms with Crippen molar-refractivity contribution in [1.82, 2.24) is 4.90 Å². The molecule has 0 bridgehead atoms. The van der Waals surface area contributed by atoms with E-state index >= 15 is 0 Å². The molecule has 1 saturated heterocycles. The van der Waals surface area contributed by atoms with Gasteiger partial charge in [0.05, 0.1) is 12.7 Å². The zero-order valence-corrected chi connectivity index (χ0v) is 12.5. The lowest BCUT2D eigenvalue weighted by Crippen LogP contribution is -2.33. The Morgan fingerprint density at radius 3 is 2.95 bits per heavy atom. The molecule has 104 valence electrons. The second-order valence-electron chi connectivity index (χ2n) is 5.38. The van der Waals surface area contributed by atoms with Gasteiger partial charge in [-0.3, -0.25) is 4.90 Å². The first-order valence-corrected chi connectivity index (χ1v) is 7.20. The normalized spacial score (nSPS) is 20.2. The number of hydrogen-bond donors (Lipinski definition) is 1. The summed E-state index contributed by atoms with van der Waals surface area (Å²) < 4.78 is 5.29. The summed E-state index contributed by atoms with van der Waals surface area (Å²) in [4.78, 5) is 2.89. The Labute approximate surface area is 120 Å². The number of thiocarbonyl (C=S) groups is 1. The fourth-order valence-corrected chi connectivity index (χ4v) is 2.89. The Morgan fingerprint density at radius 2 is 2.32 bits per heavy atom.